The number of aromatic nitrogens is 4. The zero-order chi connectivity index (χ0) is 36.0. The number of hydrogen-bond donors (Lipinski definition) is 3. The van der Waals surface area contributed by atoms with Gasteiger partial charge >= 0.3 is 0 Å². The molecule has 0 spiro atoms. The van der Waals surface area contributed by atoms with Crippen LogP contribution in [-0.4, -0.2) is 63.0 Å². The van der Waals surface area contributed by atoms with Crippen LogP contribution in [0.3, 0.4) is 0 Å². The number of fused-ring (bicyclic) bond motifs is 1. The van der Waals surface area contributed by atoms with E-state index in [9.17, 15) is 4.79 Å². The molecule has 9 nitrogen and oxygen atoms in total. The van der Waals surface area contributed by atoms with E-state index in [0.29, 0.717) is 17.4 Å². The molecular weight excluding hydrogens is 672 g/mol. The number of nitrogens with zero attached hydrogens (tertiary/aromatic N) is 5. The molecule has 1 atom stereocenters. The van der Waals surface area contributed by atoms with Crippen molar-refractivity contribution in [3.8, 4) is 11.3 Å². The van der Waals surface area contributed by atoms with Crippen molar-refractivity contribution in [3.05, 3.63) is 54.1 Å². The van der Waals surface area contributed by atoms with E-state index in [1.807, 2.05) is 35.2 Å². The second-order valence-corrected chi connectivity index (χ2v) is 15.7. The van der Waals surface area contributed by atoms with Gasteiger partial charge in [-0.25, -0.2) is 24.3 Å². The molecule has 2 aliphatic rings. The summed E-state index contributed by atoms with van der Waals surface area (Å²) in [7, 11) is 0. The average molecular weight is 729 g/mol. The van der Waals surface area contributed by atoms with Gasteiger partial charge in [-0.05, 0) is 43.0 Å². The van der Waals surface area contributed by atoms with Crippen LogP contribution in [0.25, 0.3) is 21.5 Å². The molecule has 52 heavy (non-hydrogen) atoms. The monoisotopic (exact) mass is 728 g/mol. The number of pyridine rings is 1. The molecule has 4 heterocycles. The van der Waals surface area contributed by atoms with Crippen LogP contribution in [-0.2, 0) is 4.79 Å². The van der Waals surface area contributed by atoms with Crippen LogP contribution < -0.4 is 16.0 Å². The number of benzene rings is 1. The number of halogens is 1. The molecular formula is C41H57FN8OS. The Morgan fingerprint density at radius 1 is 0.904 bits per heavy atom. The van der Waals surface area contributed by atoms with Gasteiger partial charge in [0.2, 0.25) is 11.9 Å². The Hall–Kier alpha value is -3.70. The first-order valence-electron chi connectivity index (χ1n) is 20.0. The van der Waals surface area contributed by atoms with Gasteiger partial charge in [0.05, 0.1) is 22.3 Å². The smallest absolute Gasteiger partial charge is 0.230 e. The Kier molecular flexibility index (Phi) is 14.6. The van der Waals surface area contributed by atoms with Crippen LogP contribution in [0.15, 0.2) is 42.7 Å². The second-order valence-electron chi connectivity index (χ2n) is 14.6. The topological polar surface area (TPSA) is 108 Å². The summed E-state index contributed by atoms with van der Waals surface area (Å²) >= 11 is 1.59. The predicted octanol–water partition coefficient (Wildman–Crippen LogP) is 9.99. The molecule has 6 rings (SSSR count). The molecule has 4 aromatic rings. The molecule has 0 radical (unpaired) electrons. The molecule has 1 saturated heterocycles. The third kappa shape index (κ3) is 10.9. The molecule has 1 unspecified atom stereocenters. The highest BCUT2D eigenvalue weighted by Gasteiger charge is 2.27. The van der Waals surface area contributed by atoms with E-state index in [1.165, 1.54) is 96.1 Å². The molecule has 1 amide bonds. The fraction of sp³-hybridized carbons (Fsp3) is 0.585. The average Bonchev–Trinajstić information content (AvgIpc) is 3.84. The normalized spacial score (nSPS) is 15.7. The maximum atomic E-state index is 15.1. The lowest BCUT2D eigenvalue weighted by Gasteiger charge is -2.31. The summed E-state index contributed by atoms with van der Waals surface area (Å²) in [5.41, 5.74) is 2.71. The van der Waals surface area contributed by atoms with E-state index in [0.717, 1.165) is 66.4 Å². The van der Waals surface area contributed by atoms with Gasteiger partial charge in [0.15, 0.2) is 10.9 Å². The molecule has 0 bridgehead atoms. The third-order valence-electron chi connectivity index (χ3n) is 10.6. The van der Waals surface area contributed by atoms with Crippen molar-refractivity contribution >= 4 is 44.4 Å². The van der Waals surface area contributed by atoms with Gasteiger partial charge in [-0.3, -0.25) is 4.79 Å². The number of carbonyl (C=O) groups excluding carboxylic acids is 1. The van der Waals surface area contributed by atoms with Gasteiger partial charge in [-0.15, -0.1) is 0 Å². The number of carbonyl (C=O) groups is 1. The lowest BCUT2D eigenvalue weighted by molar-refractivity contribution is -0.133. The predicted molar refractivity (Wildman–Crippen MR) is 212 cm³/mol. The van der Waals surface area contributed by atoms with Gasteiger partial charge in [-0.2, -0.15) is 0 Å². The van der Waals surface area contributed by atoms with Crippen LogP contribution in [0.2, 0.25) is 0 Å². The minimum atomic E-state index is -0.492. The molecule has 1 aromatic carbocycles. The number of amides is 1. The quantitative estimate of drug-likeness (QED) is 0.0772. The minimum Gasteiger partial charge on any atom is -0.359 e. The lowest BCUT2D eigenvalue weighted by Crippen LogP contribution is -2.48. The van der Waals surface area contributed by atoms with Crippen molar-refractivity contribution in [2.45, 2.75) is 128 Å². The zero-order valence-corrected chi connectivity index (χ0v) is 31.8. The van der Waals surface area contributed by atoms with Gasteiger partial charge < -0.3 is 20.9 Å². The number of hydrogen-bond acceptors (Lipinski definition) is 9. The molecule has 280 valence electrons. The van der Waals surface area contributed by atoms with Crippen molar-refractivity contribution in [1.82, 2.24) is 30.2 Å². The summed E-state index contributed by atoms with van der Waals surface area (Å²) in [5.74, 6) is 0.286. The Bertz CT molecular complexity index is 1690. The maximum absolute atomic E-state index is 15.1. The van der Waals surface area contributed by atoms with Crippen molar-refractivity contribution in [2.75, 3.05) is 36.8 Å². The summed E-state index contributed by atoms with van der Waals surface area (Å²) in [6.07, 6.45) is 24.2. The van der Waals surface area contributed by atoms with Crippen molar-refractivity contribution in [2.24, 2.45) is 0 Å². The molecule has 1 aliphatic carbocycles. The summed E-state index contributed by atoms with van der Waals surface area (Å²) in [4.78, 5) is 33.9. The van der Waals surface area contributed by atoms with E-state index >= 15 is 4.39 Å². The number of nitrogens with one attached hydrogen (secondary N) is 3. The number of rotatable bonds is 20. The molecule has 1 aliphatic heterocycles. The SMILES string of the molecule is CCCCCCCCCCCCCCC(C(=O)N1CCNCC1)c1ccc(Nc2ncc(F)c(-c3ccc4nc(NC5CCCC5)sc4c3)n2)nc1. The van der Waals surface area contributed by atoms with Gasteiger partial charge in [0, 0.05) is 44.0 Å². The second kappa shape index (κ2) is 19.9. The van der Waals surface area contributed by atoms with Gasteiger partial charge in [0.25, 0.3) is 0 Å². The summed E-state index contributed by atoms with van der Waals surface area (Å²) < 4.78 is 16.1. The number of thiazole rings is 1. The Morgan fingerprint density at radius 3 is 2.31 bits per heavy atom. The van der Waals surface area contributed by atoms with E-state index < -0.39 is 5.82 Å². The van der Waals surface area contributed by atoms with E-state index in [1.54, 1.807) is 17.5 Å². The molecule has 11 heteroatoms. The van der Waals surface area contributed by atoms with Crippen LogP contribution in [0, 0.1) is 5.82 Å². The fourth-order valence-corrected chi connectivity index (χ4v) is 8.52. The first kappa shape index (κ1) is 38.0. The molecule has 3 N–H and O–H groups in total. The number of unbranched alkanes of at least 4 members (excludes halogenated alkanes) is 11. The fourth-order valence-electron chi connectivity index (χ4n) is 7.54. The maximum Gasteiger partial charge on any atom is 0.230 e. The number of piperazine rings is 1. The van der Waals surface area contributed by atoms with Crippen LogP contribution in [0.5, 0.6) is 0 Å². The largest absolute Gasteiger partial charge is 0.359 e. The van der Waals surface area contributed by atoms with E-state index in [-0.39, 0.29) is 23.5 Å². The molecule has 1 saturated carbocycles. The summed E-state index contributed by atoms with van der Waals surface area (Å²) in [6.45, 7) is 5.40. The van der Waals surface area contributed by atoms with Crippen molar-refractivity contribution < 1.29 is 9.18 Å². The van der Waals surface area contributed by atoms with Crippen LogP contribution in [0.1, 0.15) is 128 Å². The third-order valence-corrected chi connectivity index (χ3v) is 11.5. The van der Waals surface area contributed by atoms with Crippen molar-refractivity contribution in [3.63, 3.8) is 0 Å². The Morgan fingerprint density at radius 2 is 1.62 bits per heavy atom. The minimum absolute atomic E-state index is 0.193. The first-order valence-corrected chi connectivity index (χ1v) is 20.8. The molecule has 3 aromatic heterocycles. The number of anilines is 3. The highest BCUT2D eigenvalue weighted by molar-refractivity contribution is 7.22. The summed E-state index contributed by atoms with van der Waals surface area (Å²) in [5, 5.41) is 11.0. The standard InChI is InChI=1S/C41H57FN8OS/c1-2-3-4-5-6-7-8-9-10-11-12-13-18-33(39(51)50-25-23-43-24-26-50)31-20-22-37(44-28-31)48-40-45-29-34(42)38(49-40)30-19-21-35-36(27-30)52-41(47-35)46-32-16-14-15-17-32/h19-22,27-29,32-33,43H,2-18,23-26H2,1H3,(H,46,47)(H,44,45,48,49). The highest BCUT2D eigenvalue weighted by Crippen LogP contribution is 2.33. The summed E-state index contributed by atoms with van der Waals surface area (Å²) in [6, 6.07) is 10.1. The van der Waals surface area contributed by atoms with Crippen molar-refractivity contribution in [1.29, 1.82) is 0 Å². The van der Waals surface area contributed by atoms with E-state index in [4.69, 9.17) is 4.98 Å². The Labute approximate surface area is 313 Å². The first-order chi connectivity index (χ1) is 25.6. The van der Waals surface area contributed by atoms with Gasteiger partial charge in [0.1, 0.15) is 11.5 Å². The lowest BCUT2D eigenvalue weighted by atomic mass is 9.92. The highest BCUT2D eigenvalue weighted by atomic mass is 32.1. The van der Waals surface area contributed by atoms with Gasteiger partial charge in [-0.1, -0.05) is 120 Å². The molecule has 2 fully saturated rings. The zero-order valence-electron chi connectivity index (χ0n) is 31.0. The Balaban J connectivity index is 1.05. The van der Waals surface area contributed by atoms with Crippen LogP contribution >= 0.6 is 11.3 Å². The van der Waals surface area contributed by atoms with E-state index in [2.05, 4.69) is 37.8 Å². The van der Waals surface area contributed by atoms with Crippen LogP contribution in [0.4, 0.5) is 21.3 Å².